The van der Waals surface area contributed by atoms with Crippen LogP contribution in [0.5, 0.6) is 0 Å². The lowest BCUT2D eigenvalue weighted by Crippen LogP contribution is -2.04. The van der Waals surface area contributed by atoms with Gasteiger partial charge in [-0.05, 0) is 19.4 Å². The van der Waals surface area contributed by atoms with Crippen molar-refractivity contribution in [2.45, 2.75) is 13.8 Å². The summed E-state index contributed by atoms with van der Waals surface area (Å²) >= 11 is 0. The van der Waals surface area contributed by atoms with Crippen LogP contribution in [0.2, 0.25) is 0 Å². The first kappa shape index (κ1) is 13.3. The van der Waals surface area contributed by atoms with E-state index in [4.69, 9.17) is 4.74 Å². The van der Waals surface area contributed by atoms with Gasteiger partial charge in [0.05, 0.1) is 12.8 Å². The quantitative estimate of drug-likeness (QED) is 0.693. The monoisotopic (exact) mass is 281 g/mol. The normalized spacial score (nSPS) is 10.8. The van der Waals surface area contributed by atoms with Crippen molar-refractivity contribution < 1.29 is 9.53 Å². The summed E-state index contributed by atoms with van der Waals surface area (Å²) in [7, 11) is 0. The molecule has 2 aromatic heterocycles. The van der Waals surface area contributed by atoms with E-state index in [1.165, 1.54) is 11.8 Å². The molecule has 5 nitrogen and oxygen atoms in total. The second-order valence-electron chi connectivity index (χ2n) is 4.76. The molecule has 3 rings (SSSR count). The van der Waals surface area contributed by atoms with Crippen LogP contribution < -0.4 is 0 Å². The summed E-state index contributed by atoms with van der Waals surface area (Å²) in [6.07, 6.45) is 5.08. The Balaban J connectivity index is 2.02. The van der Waals surface area contributed by atoms with Crippen LogP contribution in [0.4, 0.5) is 0 Å². The molecule has 0 bridgehead atoms. The molecule has 0 spiro atoms. The van der Waals surface area contributed by atoms with E-state index < -0.39 is 5.97 Å². The van der Waals surface area contributed by atoms with Gasteiger partial charge < -0.3 is 4.74 Å². The van der Waals surface area contributed by atoms with Crippen molar-refractivity contribution in [3.8, 4) is 11.1 Å². The van der Waals surface area contributed by atoms with Crippen LogP contribution >= 0.6 is 0 Å². The number of rotatable bonds is 3. The van der Waals surface area contributed by atoms with Crippen molar-refractivity contribution in [1.82, 2.24) is 14.6 Å². The van der Waals surface area contributed by atoms with Crippen LogP contribution in [-0.2, 0) is 4.74 Å². The maximum absolute atomic E-state index is 11.8. The maximum Gasteiger partial charge on any atom is 0.343 e. The van der Waals surface area contributed by atoms with Crippen LogP contribution in [0.1, 0.15) is 22.8 Å². The minimum atomic E-state index is -0.400. The molecule has 0 aliphatic rings. The number of nitrogens with zero attached hydrogens (tertiary/aromatic N) is 3. The molecular weight excluding hydrogens is 266 g/mol. The van der Waals surface area contributed by atoms with Gasteiger partial charge in [0.15, 0.2) is 5.65 Å². The summed E-state index contributed by atoms with van der Waals surface area (Å²) < 4.78 is 6.59. The van der Waals surface area contributed by atoms with E-state index in [0.717, 1.165) is 11.1 Å². The molecule has 0 atom stereocenters. The lowest BCUT2D eigenvalue weighted by atomic mass is 10.1. The van der Waals surface area contributed by atoms with Gasteiger partial charge >= 0.3 is 5.97 Å². The van der Waals surface area contributed by atoms with Crippen molar-refractivity contribution in [2.24, 2.45) is 0 Å². The van der Waals surface area contributed by atoms with Crippen LogP contribution in [0.15, 0.2) is 42.9 Å². The Kier molecular flexibility index (Phi) is 3.39. The van der Waals surface area contributed by atoms with E-state index in [0.29, 0.717) is 17.8 Å². The van der Waals surface area contributed by atoms with Crippen molar-refractivity contribution in [3.63, 3.8) is 0 Å². The van der Waals surface area contributed by atoms with Gasteiger partial charge in [0.1, 0.15) is 5.56 Å². The fraction of sp³-hybridized carbons (Fsp3) is 0.188. The zero-order chi connectivity index (χ0) is 14.8. The van der Waals surface area contributed by atoms with Gasteiger partial charge in [0, 0.05) is 18.0 Å². The molecule has 0 aliphatic heterocycles. The van der Waals surface area contributed by atoms with E-state index in [1.807, 2.05) is 37.4 Å². The van der Waals surface area contributed by atoms with E-state index in [2.05, 4.69) is 10.1 Å². The zero-order valence-corrected chi connectivity index (χ0v) is 11.9. The maximum atomic E-state index is 11.8. The SMILES string of the molecule is CCOC(=O)c1cnn2cc(-c3ccc(C)cc3)cnc12. The number of carbonyl (C=O) groups is 1. The van der Waals surface area contributed by atoms with Crippen LogP contribution in [-0.4, -0.2) is 27.2 Å². The van der Waals surface area contributed by atoms with Crippen molar-refractivity contribution in [1.29, 1.82) is 0 Å². The fourth-order valence-corrected chi connectivity index (χ4v) is 2.12. The Morgan fingerprint density at radius 2 is 1.95 bits per heavy atom. The number of aromatic nitrogens is 3. The molecule has 0 saturated heterocycles. The molecule has 0 unspecified atom stereocenters. The first-order chi connectivity index (χ1) is 10.2. The lowest BCUT2D eigenvalue weighted by molar-refractivity contribution is 0.0528. The fourth-order valence-electron chi connectivity index (χ4n) is 2.12. The Labute approximate surface area is 122 Å². The zero-order valence-electron chi connectivity index (χ0n) is 11.9. The highest BCUT2D eigenvalue weighted by Gasteiger charge is 2.15. The second-order valence-corrected chi connectivity index (χ2v) is 4.76. The first-order valence-corrected chi connectivity index (χ1v) is 6.76. The summed E-state index contributed by atoms with van der Waals surface area (Å²) in [4.78, 5) is 16.1. The molecule has 0 radical (unpaired) electrons. The molecule has 0 saturated carbocycles. The van der Waals surface area contributed by atoms with Crippen LogP contribution in [0.25, 0.3) is 16.8 Å². The second kappa shape index (κ2) is 5.36. The molecule has 3 aromatic rings. The van der Waals surface area contributed by atoms with Gasteiger partial charge in [-0.1, -0.05) is 29.8 Å². The molecule has 0 amide bonds. The third kappa shape index (κ3) is 2.50. The summed E-state index contributed by atoms with van der Waals surface area (Å²) in [5.41, 5.74) is 4.09. The van der Waals surface area contributed by atoms with Crippen LogP contribution in [0.3, 0.4) is 0 Å². The average Bonchev–Trinajstić information content (AvgIpc) is 2.91. The van der Waals surface area contributed by atoms with Gasteiger partial charge in [0.25, 0.3) is 0 Å². The summed E-state index contributed by atoms with van der Waals surface area (Å²) in [6.45, 7) is 4.15. The molecule has 106 valence electrons. The molecule has 0 fully saturated rings. The highest BCUT2D eigenvalue weighted by molar-refractivity contribution is 5.95. The number of carbonyl (C=O) groups excluding carboxylic acids is 1. The number of aryl methyl sites for hydroxylation is 1. The Morgan fingerprint density at radius 1 is 1.19 bits per heavy atom. The molecular formula is C16H15N3O2. The van der Waals surface area contributed by atoms with Crippen molar-refractivity contribution >= 4 is 11.6 Å². The van der Waals surface area contributed by atoms with E-state index in [1.54, 1.807) is 17.6 Å². The largest absolute Gasteiger partial charge is 0.462 e. The van der Waals surface area contributed by atoms with E-state index >= 15 is 0 Å². The predicted octanol–water partition coefficient (Wildman–Crippen LogP) is 2.88. The molecule has 0 N–H and O–H groups in total. The molecule has 5 heteroatoms. The standard InChI is InChI=1S/C16H15N3O2/c1-3-21-16(20)14-9-18-19-10-13(8-17-15(14)19)12-6-4-11(2)5-7-12/h4-10H,3H2,1-2H3. The Hall–Kier alpha value is -2.69. The highest BCUT2D eigenvalue weighted by Crippen LogP contribution is 2.20. The van der Waals surface area contributed by atoms with E-state index in [-0.39, 0.29) is 0 Å². The molecule has 1 aromatic carbocycles. The van der Waals surface area contributed by atoms with Gasteiger partial charge in [-0.15, -0.1) is 0 Å². The number of esters is 1. The minimum Gasteiger partial charge on any atom is -0.462 e. The molecule has 0 aliphatic carbocycles. The van der Waals surface area contributed by atoms with Gasteiger partial charge in [0.2, 0.25) is 0 Å². The number of fused-ring (bicyclic) bond motifs is 1. The van der Waals surface area contributed by atoms with Gasteiger partial charge in [-0.3, -0.25) is 0 Å². The van der Waals surface area contributed by atoms with E-state index in [9.17, 15) is 4.79 Å². The molecule has 21 heavy (non-hydrogen) atoms. The Bertz CT molecular complexity index is 791. The molecule has 2 heterocycles. The minimum absolute atomic E-state index is 0.331. The number of hydrogen-bond acceptors (Lipinski definition) is 4. The summed E-state index contributed by atoms with van der Waals surface area (Å²) in [5, 5.41) is 4.18. The van der Waals surface area contributed by atoms with Gasteiger partial charge in [-0.2, -0.15) is 5.10 Å². The topological polar surface area (TPSA) is 56.5 Å². The average molecular weight is 281 g/mol. The van der Waals surface area contributed by atoms with Gasteiger partial charge in [-0.25, -0.2) is 14.3 Å². The summed E-state index contributed by atoms with van der Waals surface area (Å²) in [5.74, 6) is -0.400. The number of ether oxygens (including phenoxy) is 1. The smallest absolute Gasteiger partial charge is 0.343 e. The third-order valence-electron chi connectivity index (χ3n) is 3.24. The third-order valence-corrected chi connectivity index (χ3v) is 3.24. The van der Waals surface area contributed by atoms with Crippen molar-refractivity contribution in [3.05, 3.63) is 54.0 Å². The van der Waals surface area contributed by atoms with Crippen molar-refractivity contribution in [2.75, 3.05) is 6.61 Å². The Morgan fingerprint density at radius 3 is 2.67 bits per heavy atom. The van der Waals surface area contributed by atoms with Crippen LogP contribution in [0, 0.1) is 6.92 Å². The number of hydrogen-bond donors (Lipinski definition) is 0. The predicted molar refractivity (Wildman–Crippen MR) is 79.1 cm³/mol. The lowest BCUT2D eigenvalue weighted by Gasteiger charge is -2.03. The highest BCUT2D eigenvalue weighted by atomic mass is 16.5. The first-order valence-electron chi connectivity index (χ1n) is 6.76. The number of benzene rings is 1. The summed E-state index contributed by atoms with van der Waals surface area (Å²) in [6, 6.07) is 8.17.